The number of H-pyrrole nitrogens is 1. The number of amides is 2. The van der Waals surface area contributed by atoms with Gasteiger partial charge in [0.05, 0.1) is 24.0 Å². The van der Waals surface area contributed by atoms with Crippen molar-refractivity contribution in [2.75, 3.05) is 10.6 Å². The highest BCUT2D eigenvalue weighted by Gasteiger charge is 2.21. The molecule has 0 aliphatic rings. The first-order valence-electron chi connectivity index (χ1n) is 12.2. The predicted molar refractivity (Wildman–Crippen MR) is 154 cm³/mol. The molecule has 13 heteroatoms. The van der Waals surface area contributed by atoms with Crippen molar-refractivity contribution in [2.45, 2.75) is 12.5 Å². The summed E-state index contributed by atoms with van der Waals surface area (Å²) in [5.74, 6) is -2.37. The number of furan rings is 1. The fraction of sp³-hybridized carbons (Fsp3) is 0.0690. The number of nitrogens with two attached hydrogens (primary N) is 1. The molecule has 0 fully saturated rings. The first-order chi connectivity index (χ1) is 19.8. The van der Waals surface area contributed by atoms with E-state index in [-0.39, 0.29) is 53.0 Å². The Morgan fingerprint density at radius 2 is 1.98 bits per heavy atom. The topological polar surface area (TPSA) is 183 Å². The number of aromatic nitrogens is 3. The molecule has 0 aliphatic heterocycles. The van der Waals surface area contributed by atoms with E-state index in [9.17, 15) is 24.3 Å². The number of benzene rings is 2. The molecule has 3 aromatic heterocycles. The van der Waals surface area contributed by atoms with Gasteiger partial charge in [0.1, 0.15) is 29.2 Å². The summed E-state index contributed by atoms with van der Waals surface area (Å²) in [4.78, 5) is 36.3. The van der Waals surface area contributed by atoms with Gasteiger partial charge >= 0.3 is 0 Å². The molecule has 0 spiro atoms. The summed E-state index contributed by atoms with van der Waals surface area (Å²) in [7, 11) is 0. The van der Waals surface area contributed by atoms with Gasteiger partial charge in [-0.25, -0.2) is 14.4 Å². The number of hydrogen-bond acceptors (Lipinski definition) is 8. The van der Waals surface area contributed by atoms with Crippen LogP contribution in [0.2, 0.25) is 0 Å². The second kappa shape index (κ2) is 12.7. The second-order valence-electron chi connectivity index (χ2n) is 8.93. The van der Waals surface area contributed by atoms with Crippen LogP contribution in [0.5, 0.6) is 5.75 Å². The number of aromatic hydroxyl groups is 1. The standard InChI is InChI=1S/C29H22FN7O4.ClH/c30-17-6-7-20(25(38)10-17)23-12-21(22(13-31)28(36-23)37-29(40)26-5-2-8-41-26)16-3-1-4-18(9-16)35-24(27(32)39)11-19-14-33-15-34-19;/h1-10,12,14-15,24,35,38H,11H2,(H2,32,39)(H,33,34)(H,36,37,40);1H/t24-;/m1./s1. The minimum atomic E-state index is -0.781. The molecule has 0 bridgehead atoms. The summed E-state index contributed by atoms with van der Waals surface area (Å²) in [6.07, 6.45) is 4.73. The predicted octanol–water partition coefficient (Wildman–Crippen LogP) is 4.63. The van der Waals surface area contributed by atoms with Crippen molar-refractivity contribution in [1.82, 2.24) is 15.0 Å². The van der Waals surface area contributed by atoms with Gasteiger partial charge in [0, 0.05) is 35.5 Å². The highest BCUT2D eigenvalue weighted by Crippen LogP contribution is 2.36. The number of phenols is 1. The van der Waals surface area contributed by atoms with Crippen molar-refractivity contribution in [2.24, 2.45) is 5.73 Å². The third-order valence-electron chi connectivity index (χ3n) is 6.17. The number of anilines is 2. The molecule has 11 nitrogen and oxygen atoms in total. The van der Waals surface area contributed by atoms with Crippen molar-refractivity contribution < 1.29 is 23.5 Å². The molecule has 5 aromatic rings. The number of aromatic amines is 1. The Balaban J connectivity index is 0.00000405. The quantitative estimate of drug-likeness (QED) is 0.165. The van der Waals surface area contributed by atoms with E-state index in [1.54, 1.807) is 36.5 Å². The molecule has 2 amide bonds. The summed E-state index contributed by atoms with van der Waals surface area (Å²) < 4.78 is 18.9. The summed E-state index contributed by atoms with van der Waals surface area (Å²) in [5.41, 5.74) is 8.02. The first kappa shape index (κ1) is 29.3. The van der Waals surface area contributed by atoms with Crippen LogP contribution in [0, 0.1) is 17.1 Å². The van der Waals surface area contributed by atoms with Crippen LogP contribution in [0.15, 0.2) is 83.9 Å². The molecule has 5 rings (SSSR count). The Bertz CT molecular complexity index is 1770. The molecular weight excluding hydrogens is 565 g/mol. The largest absolute Gasteiger partial charge is 0.507 e. The number of primary amides is 1. The lowest BCUT2D eigenvalue weighted by atomic mass is 9.97. The van der Waals surface area contributed by atoms with E-state index in [0.29, 0.717) is 22.5 Å². The fourth-order valence-electron chi connectivity index (χ4n) is 4.22. The minimum absolute atomic E-state index is 0. The van der Waals surface area contributed by atoms with Gasteiger partial charge in [0.25, 0.3) is 5.91 Å². The lowest BCUT2D eigenvalue weighted by Gasteiger charge is -2.18. The first-order valence-corrected chi connectivity index (χ1v) is 12.2. The zero-order valence-corrected chi connectivity index (χ0v) is 22.5. The zero-order chi connectivity index (χ0) is 28.9. The third kappa shape index (κ3) is 6.38. The molecule has 3 heterocycles. The number of carbonyl (C=O) groups is 2. The number of phenolic OH excluding ortho intramolecular Hbond substituents is 1. The number of nitrogens with zero attached hydrogens (tertiary/aromatic N) is 3. The molecule has 0 aliphatic carbocycles. The Kier molecular flexibility index (Phi) is 8.84. The highest BCUT2D eigenvalue weighted by atomic mass is 35.5. The van der Waals surface area contributed by atoms with Crippen LogP contribution in [0.3, 0.4) is 0 Å². The average molecular weight is 588 g/mol. The fourth-order valence-corrected chi connectivity index (χ4v) is 4.22. The van der Waals surface area contributed by atoms with E-state index in [1.807, 2.05) is 0 Å². The van der Waals surface area contributed by atoms with Gasteiger partial charge in [0.2, 0.25) is 5.91 Å². The van der Waals surface area contributed by atoms with Gasteiger partial charge in [0.15, 0.2) is 11.6 Å². The van der Waals surface area contributed by atoms with Gasteiger partial charge < -0.3 is 30.9 Å². The molecule has 0 saturated carbocycles. The molecule has 1 atom stereocenters. The lowest BCUT2D eigenvalue weighted by molar-refractivity contribution is -0.118. The van der Waals surface area contributed by atoms with E-state index in [4.69, 9.17) is 10.2 Å². The SMILES string of the molecule is Cl.N#Cc1c(-c2cccc(N[C@H](Cc3c[nH]cn3)C(N)=O)c2)cc(-c2ccc(F)cc2O)nc1NC(=O)c1ccco1. The van der Waals surface area contributed by atoms with Crippen molar-refractivity contribution in [3.05, 3.63) is 102 Å². The van der Waals surface area contributed by atoms with Crippen molar-refractivity contribution in [3.8, 4) is 34.2 Å². The van der Waals surface area contributed by atoms with Crippen molar-refractivity contribution in [1.29, 1.82) is 5.26 Å². The molecule has 0 unspecified atom stereocenters. The lowest BCUT2D eigenvalue weighted by Crippen LogP contribution is -2.37. The molecule has 2 aromatic carbocycles. The summed E-state index contributed by atoms with van der Waals surface area (Å²) >= 11 is 0. The van der Waals surface area contributed by atoms with Crippen LogP contribution in [-0.4, -0.2) is 37.9 Å². The molecular formula is C29H23ClFN7O4. The van der Waals surface area contributed by atoms with Gasteiger partial charge in [-0.1, -0.05) is 12.1 Å². The van der Waals surface area contributed by atoms with Crippen LogP contribution in [0.1, 0.15) is 21.8 Å². The monoisotopic (exact) mass is 587 g/mol. The number of nitriles is 1. The van der Waals surface area contributed by atoms with Gasteiger partial charge in [-0.15, -0.1) is 12.4 Å². The maximum Gasteiger partial charge on any atom is 0.292 e. The third-order valence-corrected chi connectivity index (χ3v) is 6.17. The van der Waals surface area contributed by atoms with Gasteiger partial charge in [-0.05, 0) is 48.0 Å². The molecule has 6 N–H and O–H groups in total. The normalized spacial score (nSPS) is 11.1. The summed E-state index contributed by atoms with van der Waals surface area (Å²) in [6, 6.07) is 16.1. The van der Waals surface area contributed by atoms with Crippen molar-refractivity contribution in [3.63, 3.8) is 0 Å². The summed E-state index contributed by atoms with van der Waals surface area (Å²) in [6.45, 7) is 0. The molecule has 42 heavy (non-hydrogen) atoms. The smallest absolute Gasteiger partial charge is 0.292 e. The maximum atomic E-state index is 13.7. The van der Waals surface area contributed by atoms with Crippen LogP contribution >= 0.6 is 12.4 Å². The number of carbonyl (C=O) groups excluding carboxylic acids is 2. The van der Waals surface area contributed by atoms with E-state index in [1.165, 1.54) is 30.8 Å². The van der Waals surface area contributed by atoms with E-state index < -0.39 is 23.7 Å². The second-order valence-corrected chi connectivity index (χ2v) is 8.93. The van der Waals surface area contributed by atoms with Gasteiger partial charge in [-0.2, -0.15) is 5.26 Å². The number of nitrogens with one attached hydrogen (secondary N) is 3. The van der Waals surface area contributed by atoms with Crippen LogP contribution < -0.4 is 16.4 Å². The Labute approximate surface area is 244 Å². The van der Waals surface area contributed by atoms with Crippen molar-refractivity contribution >= 4 is 35.7 Å². The Morgan fingerprint density at radius 3 is 2.64 bits per heavy atom. The Morgan fingerprint density at radius 1 is 1.14 bits per heavy atom. The number of halogens is 2. The number of hydrogen-bond donors (Lipinski definition) is 5. The number of imidazole rings is 1. The van der Waals surface area contributed by atoms with E-state index in [2.05, 4.69) is 31.7 Å². The van der Waals surface area contributed by atoms with Crippen LogP contribution in [-0.2, 0) is 11.2 Å². The highest BCUT2D eigenvalue weighted by molar-refractivity contribution is 6.03. The van der Waals surface area contributed by atoms with Crippen LogP contribution in [0.4, 0.5) is 15.9 Å². The number of rotatable bonds is 9. The molecule has 0 radical (unpaired) electrons. The maximum absolute atomic E-state index is 13.7. The molecule has 212 valence electrons. The zero-order valence-electron chi connectivity index (χ0n) is 21.7. The van der Waals surface area contributed by atoms with E-state index >= 15 is 0 Å². The summed E-state index contributed by atoms with van der Waals surface area (Å²) in [5, 5.41) is 26.3. The molecule has 0 saturated heterocycles. The average Bonchev–Trinajstić information content (AvgIpc) is 3.67. The van der Waals surface area contributed by atoms with Crippen LogP contribution in [0.25, 0.3) is 22.4 Å². The van der Waals surface area contributed by atoms with Gasteiger partial charge in [-0.3, -0.25) is 9.59 Å². The Hall–Kier alpha value is -5.67. The van der Waals surface area contributed by atoms with E-state index in [0.717, 1.165) is 12.1 Å². The number of pyridine rings is 1. The minimum Gasteiger partial charge on any atom is -0.507 e.